The van der Waals surface area contributed by atoms with Crippen molar-refractivity contribution in [3.8, 4) is 39.1 Å². The van der Waals surface area contributed by atoms with E-state index in [4.69, 9.17) is 0 Å². The van der Waals surface area contributed by atoms with Gasteiger partial charge in [-0.15, -0.1) is 0 Å². The monoisotopic (exact) mass is 738 g/mol. The van der Waals surface area contributed by atoms with Crippen molar-refractivity contribution < 1.29 is 0 Å². The second-order valence-corrected chi connectivity index (χ2v) is 15.0. The molecule has 2 heteroatoms. The van der Waals surface area contributed by atoms with E-state index in [1.54, 1.807) is 0 Å². The number of rotatable bonds is 7. The predicted octanol–water partition coefficient (Wildman–Crippen LogP) is 15.6. The average molecular weight is 739 g/mol. The number of hydrogen-bond donors (Lipinski definition) is 0. The van der Waals surface area contributed by atoms with Crippen molar-refractivity contribution in [1.29, 1.82) is 0 Å². The van der Waals surface area contributed by atoms with E-state index in [2.05, 4.69) is 240 Å². The summed E-state index contributed by atoms with van der Waals surface area (Å²) in [6.07, 6.45) is 0. The van der Waals surface area contributed by atoms with Crippen LogP contribution in [-0.4, -0.2) is 4.57 Å². The maximum Gasteiger partial charge on any atom is 0.0541 e. The van der Waals surface area contributed by atoms with E-state index in [0.29, 0.717) is 0 Å². The molecular formula is C56H38N2. The molecule has 0 aliphatic rings. The lowest BCUT2D eigenvalue weighted by Crippen LogP contribution is -2.10. The summed E-state index contributed by atoms with van der Waals surface area (Å²) in [6, 6.07) is 83.7. The molecule has 0 radical (unpaired) electrons. The quantitative estimate of drug-likeness (QED) is 0.158. The fourth-order valence-electron chi connectivity index (χ4n) is 8.70. The normalized spacial score (nSPS) is 11.4. The first-order valence-corrected chi connectivity index (χ1v) is 19.9. The minimum absolute atomic E-state index is 1.10. The van der Waals surface area contributed by atoms with Crippen molar-refractivity contribution in [2.45, 2.75) is 0 Å². The van der Waals surface area contributed by atoms with Crippen LogP contribution in [0.3, 0.4) is 0 Å². The average Bonchev–Trinajstić information content (AvgIpc) is 3.63. The Balaban J connectivity index is 0.952. The van der Waals surface area contributed by atoms with E-state index in [0.717, 1.165) is 17.1 Å². The van der Waals surface area contributed by atoms with Gasteiger partial charge in [0.2, 0.25) is 0 Å². The van der Waals surface area contributed by atoms with Crippen molar-refractivity contribution in [2.75, 3.05) is 4.90 Å². The molecule has 0 N–H and O–H groups in total. The Labute approximate surface area is 338 Å². The van der Waals surface area contributed by atoms with Crippen LogP contribution in [0.4, 0.5) is 17.1 Å². The highest BCUT2D eigenvalue weighted by molar-refractivity contribution is 6.09. The molecule has 0 aliphatic carbocycles. The fraction of sp³-hybridized carbons (Fsp3) is 0. The van der Waals surface area contributed by atoms with Crippen LogP contribution < -0.4 is 4.90 Å². The lowest BCUT2D eigenvalue weighted by atomic mass is 9.98. The minimum Gasteiger partial charge on any atom is -0.310 e. The maximum absolute atomic E-state index is 2.41. The summed E-state index contributed by atoms with van der Waals surface area (Å²) >= 11 is 0. The van der Waals surface area contributed by atoms with E-state index in [9.17, 15) is 0 Å². The molecule has 2 nitrogen and oxygen atoms in total. The van der Waals surface area contributed by atoms with Crippen LogP contribution >= 0.6 is 0 Å². The van der Waals surface area contributed by atoms with Gasteiger partial charge in [0, 0.05) is 33.4 Å². The zero-order valence-electron chi connectivity index (χ0n) is 31.8. The Kier molecular flexibility index (Phi) is 8.19. The highest BCUT2D eigenvalue weighted by atomic mass is 15.1. The van der Waals surface area contributed by atoms with E-state index >= 15 is 0 Å². The van der Waals surface area contributed by atoms with Crippen molar-refractivity contribution in [1.82, 2.24) is 4.57 Å². The molecule has 272 valence electrons. The molecule has 0 bridgehead atoms. The molecule has 0 atom stereocenters. The van der Waals surface area contributed by atoms with Gasteiger partial charge in [-0.05, 0) is 110 Å². The van der Waals surface area contributed by atoms with Gasteiger partial charge in [0.05, 0.1) is 16.7 Å². The highest BCUT2D eigenvalue weighted by Crippen LogP contribution is 2.40. The third-order valence-corrected chi connectivity index (χ3v) is 11.6. The Morgan fingerprint density at radius 1 is 0.276 bits per heavy atom. The molecule has 0 fully saturated rings. The van der Waals surface area contributed by atoms with E-state index in [1.807, 2.05) is 0 Å². The molecule has 0 spiro atoms. The molecule has 0 saturated heterocycles. The fourth-order valence-corrected chi connectivity index (χ4v) is 8.70. The Morgan fingerprint density at radius 2 is 0.759 bits per heavy atom. The number of nitrogens with zero attached hydrogens (tertiary/aromatic N) is 2. The van der Waals surface area contributed by atoms with Crippen LogP contribution in [0.15, 0.2) is 231 Å². The van der Waals surface area contributed by atoms with Crippen molar-refractivity contribution in [2.24, 2.45) is 0 Å². The van der Waals surface area contributed by atoms with Gasteiger partial charge in [0.25, 0.3) is 0 Å². The van der Waals surface area contributed by atoms with Gasteiger partial charge >= 0.3 is 0 Å². The molecule has 0 amide bonds. The van der Waals surface area contributed by atoms with Crippen molar-refractivity contribution in [3.05, 3.63) is 231 Å². The molecule has 1 heterocycles. The Hall–Kier alpha value is -7.68. The van der Waals surface area contributed by atoms with Crippen LogP contribution in [0.25, 0.3) is 82.4 Å². The van der Waals surface area contributed by atoms with Crippen LogP contribution in [0, 0.1) is 0 Å². The van der Waals surface area contributed by atoms with Crippen LogP contribution in [0.5, 0.6) is 0 Å². The van der Waals surface area contributed by atoms with Crippen LogP contribution in [0.2, 0.25) is 0 Å². The minimum atomic E-state index is 1.10. The van der Waals surface area contributed by atoms with Gasteiger partial charge in [-0.3, -0.25) is 0 Å². The topological polar surface area (TPSA) is 8.17 Å². The first-order chi connectivity index (χ1) is 28.7. The predicted molar refractivity (Wildman–Crippen MR) is 247 cm³/mol. The van der Waals surface area contributed by atoms with E-state index in [1.165, 1.54) is 82.4 Å². The molecule has 0 unspecified atom stereocenters. The summed E-state index contributed by atoms with van der Waals surface area (Å²) in [7, 11) is 0. The SMILES string of the molecule is c1cc(-c2ccc3ccccc3c2)cc(N(c2ccc(-c3ccc(-c4ccccc4-n4c5ccccc5c5ccccc54)cc3)cc2)c2ccc3ccccc3c2)c1. The van der Waals surface area contributed by atoms with Gasteiger partial charge in [0.1, 0.15) is 0 Å². The van der Waals surface area contributed by atoms with Gasteiger partial charge in [-0.1, -0.05) is 170 Å². The Morgan fingerprint density at radius 3 is 1.47 bits per heavy atom. The largest absolute Gasteiger partial charge is 0.310 e. The molecule has 11 rings (SSSR count). The van der Waals surface area contributed by atoms with Crippen molar-refractivity contribution in [3.63, 3.8) is 0 Å². The molecule has 0 aliphatic heterocycles. The number of para-hydroxylation sites is 3. The Bertz CT molecular complexity index is 3230. The van der Waals surface area contributed by atoms with Gasteiger partial charge in [-0.25, -0.2) is 0 Å². The van der Waals surface area contributed by atoms with Gasteiger partial charge < -0.3 is 9.47 Å². The zero-order valence-corrected chi connectivity index (χ0v) is 31.8. The molecule has 1 aromatic heterocycles. The molecule has 10 aromatic carbocycles. The lowest BCUT2D eigenvalue weighted by Gasteiger charge is -2.26. The van der Waals surface area contributed by atoms with Crippen LogP contribution in [0.1, 0.15) is 0 Å². The standard InChI is InChI=1S/C56H38N2/c1-3-14-44-36-47(29-26-39(44)12-1)46-16-11-17-49(38-46)57(50-35-32-40-13-2-4-15-45(40)37-50)48-33-30-42(31-34-48)41-24-27-43(28-25-41)51-18-5-8-21-54(51)58-55-22-9-6-19-52(55)53-20-7-10-23-56(53)58/h1-38H. The smallest absolute Gasteiger partial charge is 0.0541 e. The van der Waals surface area contributed by atoms with Gasteiger partial charge in [0.15, 0.2) is 0 Å². The van der Waals surface area contributed by atoms with E-state index < -0.39 is 0 Å². The number of aromatic nitrogens is 1. The summed E-state index contributed by atoms with van der Waals surface area (Å²) < 4.78 is 2.41. The first kappa shape index (κ1) is 33.6. The summed E-state index contributed by atoms with van der Waals surface area (Å²) in [5.74, 6) is 0. The zero-order chi connectivity index (χ0) is 38.4. The summed E-state index contributed by atoms with van der Waals surface area (Å²) in [4.78, 5) is 2.37. The summed E-state index contributed by atoms with van der Waals surface area (Å²) in [6.45, 7) is 0. The third-order valence-electron chi connectivity index (χ3n) is 11.6. The summed E-state index contributed by atoms with van der Waals surface area (Å²) in [5, 5.41) is 7.47. The molecule has 58 heavy (non-hydrogen) atoms. The van der Waals surface area contributed by atoms with Crippen molar-refractivity contribution >= 4 is 60.4 Å². The molecule has 11 aromatic rings. The molecular weight excluding hydrogens is 701 g/mol. The van der Waals surface area contributed by atoms with Crippen LogP contribution in [-0.2, 0) is 0 Å². The summed E-state index contributed by atoms with van der Waals surface area (Å²) in [5.41, 5.74) is 14.1. The number of fused-ring (bicyclic) bond motifs is 5. The first-order valence-electron chi connectivity index (χ1n) is 19.9. The molecule has 0 saturated carbocycles. The number of benzene rings is 10. The second-order valence-electron chi connectivity index (χ2n) is 15.0. The lowest BCUT2D eigenvalue weighted by molar-refractivity contribution is 1.18. The van der Waals surface area contributed by atoms with E-state index in [-0.39, 0.29) is 0 Å². The maximum atomic E-state index is 2.41. The number of anilines is 3. The second kappa shape index (κ2) is 14.1. The highest BCUT2D eigenvalue weighted by Gasteiger charge is 2.17. The number of hydrogen-bond acceptors (Lipinski definition) is 1. The van der Waals surface area contributed by atoms with Gasteiger partial charge in [-0.2, -0.15) is 0 Å². The third kappa shape index (κ3) is 5.91.